The monoisotopic (exact) mass is 423 g/mol. The fourth-order valence-corrected chi connectivity index (χ4v) is 4.07. The van der Waals surface area contributed by atoms with Crippen LogP contribution in [0.4, 0.5) is 5.69 Å². The van der Waals surface area contributed by atoms with E-state index in [0.29, 0.717) is 12.3 Å². The van der Waals surface area contributed by atoms with E-state index in [4.69, 9.17) is 9.47 Å². The average Bonchev–Trinajstić information content (AvgIpc) is 3.34. The molecule has 7 heteroatoms. The Kier molecular flexibility index (Phi) is 7.07. The van der Waals surface area contributed by atoms with Crippen molar-refractivity contribution in [3.63, 3.8) is 0 Å². The largest absolute Gasteiger partial charge is 0.462 e. The molecule has 2 aromatic rings. The molecule has 2 aliphatic rings. The lowest BCUT2D eigenvalue weighted by Gasteiger charge is -2.37. The predicted molar refractivity (Wildman–Crippen MR) is 118 cm³/mol. The van der Waals surface area contributed by atoms with Crippen LogP contribution in [0.1, 0.15) is 24.0 Å². The van der Waals surface area contributed by atoms with Crippen molar-refractivity contribution in [2.45, 2.75) is 38.1 Å². The number of nitrogens with one attached hydrogen (secondary N) is 2. The average molecular weight is 424 g/mol. The molecule has 164 valence electrons. The van der Waals surface area contributed by atoms with Crippen LogP contribution >= 0.6 is 0 Å². The number of aliphatic hydroxyl groups is 1. The first-order chi connectivity index (χ1) is 15.2. The van der Waals surface area contributed by atoms with E-state index in [1.807, 2.05) is 54.6 Å². The van der Waals surface area contributed by atoms with Gasteiger partial charge in [0.15, 0.2) is 11.8 Å². The number of likely N-dealkylation sites (tertiary alicyclic amines) is 1. The summed E-state index contributed by atoms with van der Waals surface area (Å²) in [5.74, 6) is 0.472. The number of hydrogen-bond acceptors (Lipinski definition) is 6. The minimum Gasteiger partial charge on any atom is -0.462 e. The molecule has 1 amide bonds. The molecule has 3 N–H and O–H groups in total. The summed E-state index contributed by atoms with van der Waals surface area (Å²) in [6, 6.07) is 17.5. The van der Waals surface area contributed by atoms with Gasteiger partial charge in [0.05, 0.1) is 6.61 Å². The van der Waals surface area contributed by atoms with Crippen LogP contribution in [0.15, 0.2) is 66.6 Å². The Morgan fingerprint density at radius 3 is 2.55 bits per heavy atom. The molecule has 4 rings (SSSR count). The van der Waals surface area contributed by atoms with Gasteiger partial charge in [0.2, 0.25) is 12.7 Å². The van der Waals surface area contributed by atoms with Gasteiger partial charge >= 0.3 is 0 Å². The molecule has 0 saturated carbocycles. The van der Waals surface area contributed by atoms with Gasteiger partial charge in [-0.25, -0.2) is 0 Å². The van der Waals surface area contributed by atoms with Crippen LogP contribution in [0, 0.1) is 0 Å². The lowest BCUT2D eigenvalue weighted by Crippen LogP contribution is -2.52. The number of rotatable bonds is 8. The van der Waals surface area contributed by atoms with E-state index in [-0.39, 0.29) is 25.3 Å². The van der Waals surface area contributed by atoms with Crippen LogP contribution in [-0.4, -0.2) is 47.9 Å². The summed E-state index contributed by atoms with van der Waals surface area (Å²) < 4.78 is 10.8. The number of hydrogen-bond donors (Lipinski definition) is 3. The fraction of sp³-hybridized carbons (Fsp3) is 0.375. The summed E-state index contributed by atoms with van der Waals surface area (Å²) in [5.41, 5.74) is 2.92. The number of carbonyl (C=O) groups is 1. The summed E-state index contributed by atoms with van der Waals surface area (Å²) in [5, 5.41) is 16.1. The first-order valence-electron chi connectivity index (χ1n) is 10.7. The van der Waals surface area contributed by atoms with Crippen molar-refractivity contribution in [2.75, 3.05) is 25.2 Å². The Morgan fingerprint density at radius 1 is 1.10 bits per heavy atom. The van der Waals surface area contributed by atoms with E-state index >= 15 is 0 Å². The zero-order valence-electron chi connectivity index (χ0n) is 17.5. The quantitative estimate of drug-likeness (QED) is 0.605. The Balaban J connectivity index is 1.37. The van der Waals surface area contributed by atoms with Gasteiger partial charge in [0, 0.05) is 36.9 Å². The molecule has 1 unspecified atom stereocenters. The van der Waals surface area contributed by atoms with Gasteiger partial charge in [-0.05, 0) is 24.5 Å². The molecule has 0 radical (unpaired) electrons. The minimum atomic E-state index is -0.503. The van der Waals surface area contributed by atoms with E-state index in [1.165, 1.54) is 0 Å². The Morgan fingerprint density at radius 2 is 1.84 bits per heavy atom. The van der Waals surface area contributed by atoms with Crippen molar-refractivity contribution in [3.8, 4) is 0 Å². The van der Waals surface area contributed by atoms with Crippen LogP contribution in [0.3, 0.4) is 0 Å². The summed E-state index contributed by atoms with van der Waals surface area (Å²) in [6.07, 6.45) is 3.32. The summed E-state index contributed by atoms with van der Waals surface area (Å²) in [6.45, 7) is 2.14. The molecule has 2 aromatic carbocycles. The van der Waals surface area contributed by atoms with Crippen molar-refractivity contribution in [3.05, 3.63) is 77.7 Å². The number of nitrogens with zero attached hydrogens (tertiary/aromatic N) is 1. The normalized spacial score (nSPS) is 17.9. The van der Waals surface area contributed by atoms with E-state index in [0.717, 1.165) is 42.7 Å². The summed E-state index contributed by atoms with van der Waals surface area (Å²) >= 11 is 0. The summed E-state index contributed by atoms with van der Waals surface area (Å²) in [4.78, 5) is 15.2. The second kappa shape index (κ2) is 10.3. The second-order valence-electron chi connectivity index (χ2n) is 7.82. The first kappa shape index (κ1) is 21.2. The van der Waals surface area contributed by atoms with Crippen LogP contribution in [0.2, 0.25) is 0 Å². The number of anilines is 1. The van der Waals surface area contributed by atoms with Gasteiger partial charge in [-0.2, -0.15) is 0 Å². The first-order valence-corrected chi connectivity index (χ1v) is 10.7. The predicted octanol–water partition coefficient (Wildman–Crippen LogP) is 2.59. The van der Waals surface area contributed by atoms with Crippen molar-refractivity contribution >= 4 is 11.6 Å². The highest BCUT2D eigenvalue weighted by molar-refractivity contribution is 5.84. The van der Waals surface area contributed by atoms with Gasteiger partial charge in [0.1, 0.15) is 6.26 Å². The minimum absolute atomic E-state index is 0.0111. The Hall–Kier alpha value is -3.03. The molecule has 0 aromatic heterocycles. The molecule has 0 spiro atoms. The number of para-hydroxylation sites is 1. The number of carbonyl (C=O) groups excluding carboxylic acids is 1. The molecular weight excluding hydrogens is 394 g/mol. The highest BCUT2D eigenvalue weighted by Gasteiger charge is 2.35. The maximum Gasteiger partial charge on any atom is 0.245 e. The van der Waals surface area contributed by atoms with Crippen LogP contribution < -0.4 is 10.6 Å². The number of amides is 1. The SMILES string of the molecule is O=C(NCc1ccccc1)C(C1=COCO1)N1CCC(Nc2ccccc2CO)CC1. The highest BCUT2D eigenvalue weighted by Crippen LogP contribution is 2.25. The smallest absolute Gasteiger partial charge is 0.245 e. The third-order valence-electron chi connectivity index (χ3n) is 5.76. The molecule has 0 bridgehead atoms. The zero-order chi connectivity index (χ0) is 21.5. The topological polar surface area (TPSA) is 83.1 Å². The van der Waals surface area contributed by atoms with E-state index in [2.05, 4.69) is 15.5 Å². The van der Waals surface area contributed by atoms with Crippen LogP contribution in [0.5, 0.6) is 0 Å². The molecule has 1 atom stereocenters. The van der Waals surface area contributed by atoms with Crippen LogP contribution in [0.25, 0.3) is 0 Å². The van der Waals surface area contributed by atoms with Crippen molar-refractivity contribution < 1.29 is 19.4 Å². The third-order valence-corrected chi connectivity index (χ3v) is 5.76. The second-order valence-corrected chi connectivity index (χ2v) is 7.82. The maximum absolute atomic E-state index is 13.1. The number of aliphatic hydroxyl groups excluding tert-OH is 1. The molecular formula is C24H29N3O4. The zero-order valence-corrected chi connectivity index (χ0v) is 17.5. The molecule has 0 aliphatic carbocycles. The molecule has 7 nitrogen and oxygen atoms in total. The van der Waals surface area contributed by atoms with Gasteiger partial charge < -0.3 is 25.2 Å². The maximum atomic E-state index is 13.1. The number of benzene rings is 2. The standard InChI is InChI=1S/C24H29N3O4/c28-15-19-8-4-5-9-21(19)26-20-10-12-27(13-11-20)23(22-16-30-17-31-22)24(29)25-14-18-6-2-1-3-7-18/h1-9,16,20,23,26,28H,10-15,17H2,(H,25,29). The number of piperidine rings is 1. The van der Waals surface area contributed by atoms with E-state index < -0.39 is 6.04 Å². The molecule has 2 aliphatic heterocycles. The van der Waals surface area contributed by atoms with Crippen molar-refractivity contribution in [1.29, 1.82) is 0 Å². The molecule has 1 saturated heterocycles. The van der Waals surface area contributed by atoms with Gasteiger partial charge in [0.25, 0.3) is 0 Å². The Labute approximate surface area is 182 Å². The van der Waals surface area contributed by atoms with Crippen LogP contribution in [-0.2, 0) is 27.4 Å². The van der Waals surface area contributed by atoms with E-state index in [9.17, 15) is 9.90 Å². The van der Waals surface area contributed by atoms with Gasteiger partial charge in [-0.1, -0.05) is 48.5 Å². The van der Waals surface area contributed by atoms with Gasteiger partial charge in [-0.15, -0.1) is 0 Å². The molecule has 31 heavy (non-hydrogen) atoms. The van der Waals surface area contributed by atoms with Gasteiger partial charge in [-0.3, -0.25) is 9.69 Å². The molecule has 1 fully saturated rings. The number of ether oxygens (including phenoxy) is 2. The van der Waals surface area contributed by atoms with Crippen molar-refractivity contribution in [1.82, 2.24) is 10.2 Å². The lowest BCUT2D eigenvalue weighted by molar-refractivity contribution is -0.127. The van der Waals surface area contributed by atoms with E-state index in [1.54, 1.807) is 6.26 Å². The van der Waals surface area contributed by atoms with Crippen molar-refractivity contribution in [2.24, 2.45) is 0 Å². The fourth-order valence-electron chi connectivity index (χ4n) is 4.07. The highest BCUT2D eigenvalue weighted by atomic mass is 16.7. The Bertz CT molecular complexity index is 895. The third kappa shape index (κ3) is 5.37. The summed E-state index contributed by atoms with van der Waals surface area (Å²) in [7, 11) is 0. The lowest BCUT2D eigenvalue weighted by atomic mass is 10.0. The molecule has 2 heterocycles.